The van der Waals surface area contributed by atoms with E-state index in [1.54, 1.807) is 15.9 Å². The third-order valence-electron chi connectivity index (χ3n) is 5.17. The number of nitrogens with zero attached hydrogens (tertiary/aromatic N) is 3. The molecular weight excluding hydrogens is 412 g/mol. The number of rotatable bonds is 6. The summed E-state index contributed by atoms with van der Waals surface area (Å²) in [4.78, 5) is 29.8. The first kappa shape index (κ1) is 19.3. The van der Waals surface area contributed by atoms with Crippen LogP contribution in [0.1, 0.15) is 12.7 Å². The van der Waals surface area contributed by atoms with Gasteiger partial charge in [-0.1, -0.05) is 24.3 Å². The summed E-state index contributed by atoms with van der Waals surface area (Å²) in [5, 5.41) is 3.64. The molecule has 0 aliphatic heterocycles. The van der Waals surface area contributed by atoms with Gasteiger partial charge in [-0.3, -0.25) is 13.9 Å². The summed E-state index contributed by atoms with van der Waals surface area (Å²) in [6.07, 6.45) is 0. The molecule has 1 amide bonds. The van der Waals surface area contributed by atoms with Crippen LogP contribution in [-0.4, -0.2) is 20.0 Å². The zero-order valence-electron chi connectivity index (χ0n) is 16.9. The van der Waals surface area contributed by atoms with Gasteiger partial charge >= 0.3 is 5.69 Å². The van der Waals surface area contributed by atoms with Gasteiger partial charge in [-0.25, -0.2) is 9.78 Å². The molecule has 0 saturated carbocycles. The number of carbonyl (C=O) groups excluding carboxylic acids is 1. The minimum atomic E-state index is -0.251. The van der Waals surface area contributed by atoms with E-state index in [1.807, 2.05) is 67.6 Å². The molecule has 2 aromatic carbocycles. The third kappa shape index (κ3) is 3.55. The van der Waals surface area contributed by atoms with Crippen molar-refractivity contribution in [1.82, 2.24) is 19.4 Å². The van der Waals surface area contributed by atoms with Gasteiger partial charge in [0.2, 0.25) is 5.91 Å². The Kier molecular flexibility index (Phi) is 4.91. The molecule has 0 bridgehead atoms. The van der Waals surface area contributed by atoms with Crippen LogP contribution < -0.4 is 11.0 Å². The van der Waals surface area contributed by atoms with Gasteiger partial charge in [0, 0.05) is 6.54 Å². The van der Waals surface area contributed by atoms with Crippen molar-refractivity contribution in [2.45, 2.75) is 26.6 Å². The first-order valence-electron chi connectivity index (χ1n) is 10.0. The molecule has 5 aromatic rings. The van der Waals surface area contributed by atoms with Crippen LogP contribution in [0.2, 0.25) is 0 Å². The maximum atomic E-state index is 12.7. The molecule has 8 heteroatoms. The van der Waals surface area contributed by atoms with Crippen molar-refractivity contribution in [3.05, 3.63) is 76.9 Å². The molecule has 0 saturated heterocycles. The van der Waals surface area contributed by atoms with Gasteiger partial charge in [0.25, 0.3) is 0 Å². The van der Waals surface area contributed by atoms with Gasteiger partial charge in [-0.15, -0.1) is 11.3 Å². The number of fused-ring (bicyclic) bond motifs is 2. The summed E-state index contributed by atoms with van der Waals surface area (Å²) in [6.45, 7) is 2.66. The van der Waals surface area contributed by atoms with Crippen LogP contribution in [0, 0.1) is 0 Å². The van der Waals surface area contributed by atoms with Crippen LogP contribution in [-0.2, 0) is 24.4 Å². The minimum absolute atomic E-state index is 0.0439. The highest BCUT2D eigenvalue weighted by molar-refractivity contribution is 7.21. The van der Waals surface area contributed by atoms with Crippen LogP contribution in [0.5, 0.6) is 0 Å². The number of nitrogens with one attached hydrogen (secondary N) is 1. The quantitative estimate of drug-likeness (QED) is 0.440. The van der Waals surface area contributed by atoms with Crippen LogP contribution in [0.3, 0.4) is 0 Å². The second kappa shape index (κ2) is 7.88. The molecule has 3 aromatic heterocycles. The standard InChI is InChI=1S/C23H20N4O3S/c1-2-26-17-8-4-5-9-18(17)27(23(26)29)14-21(28)24-13-15-11-12-19(30-15)22-25-16-7-3-6-10-20(16)31-22/h3-12H,2,13-14H2,1H3,(H,24,28). The fraction of sp³-hybridized carbons (Fsp3) is 0.174. The molecule has 7 nitrogen and oxygen atoms in total. The zero-order valence-corrected chi connectivity index (χ0v) is 17.7. The van der Waals surface area contributed by atoms with Crippen LogP contribution in [0.25, 0.3) is 32.0 Å². The molecule has 0 radical (unpaired) electrons. The Labute approximate surface area is 181 Å². The Bertz CT molecular complexity index is 1420. The summed E-state index contributed by atoms with van der Waals surface area (Å²) in [5.41, 5.74) is 2.33. The number of thiazole rings is 1. The van der Waals surface area contributed by atoms with Crippen LogP contribution >= 0.6 is 11.3 Å². The summed E-state index contributed by atoms with van der Waals surface area (Å²) in [6, 6.07) is 19.1. The molecule has 0 unspecified atom stereocenters. The molecule has 3 heterocycles. The lowest BCUT2D eigenvalue weighted by atomic mass is 10.3. The van der Waals surface area contributed by atoms with Gasteiger partial charge in [0.05, 0.1) is 27.8 Å². The van der Waals surface area contributed by atoms with Gasteiger partial charge < -0.3 is 9.73 Å². The summed E-state index contributed by atoms with van der Waals surface area (Å²) in [5.74, 6) is 1.05. The average molecular weight is 433 g/mol. The maximum Gasteiger partial charge on any atom is 0.329 e. The van der Waals surface area contributed by atoms with E-state index in [1.165, 1.54) is 4.57 Å². The van der Waals surface area contributed by atoms with E-state index in [9.17, 15) is 9.59 Å². The lowest BCUT2D eigenvalue weighted by Gasteiger charge is -2.05. The Morgan fingerprint density at radius 1 is 1.03 bits per heavy atom. The van der Waals surface area contributed by atoms with Gasteiger partial charge in [0.15, 0.2) is 10.8 Å². The fourth-order valence-corrected chi connectivity index (χ4v) is 4.61. The number of hydrogen-bond donors (Lipinski definition) is 1. The van der Waals surface area contributed by atoms with E-state index in [0.717, 1.165) is 26.3 Å². The number of benzene rings is 2. The van der Waals surface area contributed by atoms with Gasteiger partial charge in [-0.2, -0.15) is 0 Å². The van der Waals surface area contributed by atoms with E-state index in [-0.39, 0.29) is 24.7 Å². The van der Waals surface area contributed by atoms with Crippen molar-refractivity contribution in [1.29, 1.82) is 0 Å². The minimum Gasteiger partial charge on any atom is -0.457 e. The normalized spacial score (nSPS) is 11.4. The summed E-state index contributed by atoms with van der Waals surface area (Å²) >= 11 is 1.56. The summed E-state index contributed by atoms with van der Waals surface area (Å²) < 4.78 is 10.1. The van der Waals surface area contributed by atoms with E-state index in [4.69, 9.17) is 4.42 Å². The van der Waals surface area contributed by atoms with Gasteiger partial charge in [-0.05, 0) is 43.3 Å². The average Bonchev–Trinajstić information content (AvgIpc) is 3.49. The first-order chi connectivity index (χ1) is 15.1. The molecular formula is C23H20N4O3S. The molecule has 0 atom stereocenters. The highest BCUT2D eigenvalue weighted by Crippen LogP contribution is 2.31. The Balaban J connectivity index is 1.29. The second-order valence-corrected chi connectivity index (χ2v) is 8.16. The number of hydrogen-bond acceptors (Lipinski definition) is 5. The number of imidazole rings is 1. The third-order valence-corrected chi connectivity index (χ3v) is 6.22. The van der Waals surface area contributed by atoms with E-state index in [2.05, 4.69) is 10.3 Å². The summed E-state index contributed by atoms with van der Waals surface area (Å²) in [7, 11) is 0. The first-order valence-corrected chi connectivity index (χ1v) is 10.8. The molecule has 0 aliphatic rings. The zero-order chi connectivity index (χ0) is 21.4. The highest BCUT2D eigenvalue weighted by Gasteiger charge is 2.15. The molecule has 31 heavy (non-hydrogen) atoms. The Morgan fingerprint density at radius 3 is 2.55 bits per heavy atom. The molecule has 0 fully saturated rings. The molecule has 0 aliphatic carbocycles. The largest absolute Gasteiger partial charge is 0.457 e. The smallest absolute Gasteiger partial charge is 0.329 e. The topological polar surface area (TPSA) is 82.1 Å². The number of aromatic nitrogens is 3. The number of amides is 1. The van der Waals surface area contributed by atoms with E-state index in [0.29, 0.717) is 18.1 Å². The number of aryl methyl sites for hydroxylation is 1. The molecule has 0 spiro atoms. The van der Waals surface area contributed by atoms with Gasteiger partial charge in [0.1, 0.15) is 12.3 Å². The van der Waals surface area contributed by atoms with E-state index < -0.39 is 0 Å². The molecule has 1 N–H and O–H groups in total. The monoisotopic (exact) mass is 432 g/mol. The lowest BCUT2D eigenvalue weighted by Crippen LogP contribution is -2.32. The van der Waals surface area contributed by atoms with Crippen molar-refractivity contribution in [3.63, 3.8) is 0 Å². The predicted molar refractivity (Wildman–Crippen MR) is 121 cm³/mol. The fourth-order valence-electron chi connectivity index (χ4n) is 3.68. The number of furan rings is 1. The number of para-hydroxylation sites is 3. The maximum absolute atomic E-state index is 12.7. The predicted octanol–water partition coefficient (Wildman–Crippen LogP) is 4.01. The Hall–Kier alpha value is -3.65. The van der Waals surface area contributed by atoms with Crippen molar-refractivity contribution >= 4 is 38.5 Å². The lowest BCUT2D eigenvalue weighted by molar-refractivity contribution is -0.121. The van der Waals surface area contributed by atoms with Crippen molar-refractivity contribution in [2.75, 3.05) is 0 Å². The van der Waals surface area contributed by atoms with Crippen LogP contribution in [0.15, 0.2) is 69.9 Å². The van der Waals surface area contributed by atoms with E-state index >= 15 is 0 Å². The van der Waals surface area contributed by atoms with Crippen LogP contribution in [0.4, 0.5) is 0 Å². The van der Waals surface area contributed by atoms with Crippen molar-refractivity contribution in [3.8, 4) is 10.8 Å². The molecule has 156 valence electrons. The van der Waals surface area contributed by atoms with Crippen molar-refractivity contribution < 1.29 is 9.21 Å². The van der Waals surface area contributed by atoms with Crippen molar-refractivity contribution in [2.24, 2.45) is 0 Å². The second-order valence-electron chi connectivity index (χ2n) is 7.13. The molecule has 5 rings (SSSR count). The Morgan fingerprint density at radius 2 is 1.77 bits per heavy atom. The number of carbonyl (C=O) groups is 1. The highest BCUT2D eigenvalue weighted by atomic mass is 32.1. The SMILES string of the molecule is CCn1c(=O)n(CC(=O)NCc2ccc(-c3nc4ccccc4s3)o2)c2ccccc21.